The second-order valence-corrected chi connectivity index (χ2v) is 4.65. The molecule has 94 valence electrons. The zero-order valence-electron chi connectivity index (χ0n) is 9.89. The van der Waals surface area contributed by atoms with Gasteiger partial charge in [-0.05, 0) is 13.3 Å². The third-order valence-corrected chi connectivity index (χ3v) is 3.24. The molecule has 17 heavy (non-hydrogen) atoms. The first-order valence-corrected chi connectivity index (χ1v) is 6.09. The fourth-order valence-electron chi connectivity index (χ4n) is 2.28. The first kappa shape index (κ1) is 11.1. The van der Waals surface area contributed by atoms with Crippen molar-refractivity contribution < 1.29 is 14.0 Å². The van der Waals surface area contributed by atoms with E-state index in [1.54, 1.807) is 0 Å². The lowest BCUT2D eigenvalue weighted by atomic mass is 10.1. The van der Waals surface area contributed by atoms with Gasteiger partial charge in [0.2, 0.25) is 5.89 Å². The van der Waals surface area contributed by atoms with Crippen LogP contribution < -0.4 is 5.32 Å². The number of aromatic nitrogens is 2. The first-order chi connectivity index (χ1) is 8.33. The summed E-state index contributed by atoms with van der Waals surface area (Å²) in [6.07, 6.45) is 1.24. The average molecular weight is 239 g/mol. The number of nitrogens with one attached hydrogen (secondary N) is 1. The summed E-state index contributed by atoms with van der Waals surface area (Å²) in [7, 11) is 0. The number of hydrogen-bond acceptors (Lipinski definition) is 6. The number of rotatable bonds is 2. The molecule has 2 aliphatic rings. The average Bonchev–Trinajstić information content (AvgIpc) is 2.98. The van der Waals surface area contributed by atoms with Crippen LogP contribution in [0.25, 0.3) is 0 Å². The highest BCUT2D eigenvalue weighted by Gasteiger charge is 2.30. The number of hydrogen-bond donors (Lipinski definition) is 1. The highest BCUT2D eigenvalue weighted by Crippen LogP contribution is 2.28. The van der Waals surface area contributed by atoms with Crippen molar-refractivity contribution in [2.24, 2.45) is 0 Å². The van der Waals surface area contributed by atoms with Crippen LogP contribution in [0.5, 0.6) is 0 Å². The topological polar surface area (TPSA) is 69.4 Å². The lowest BCUT2D eigenvalue weighted by Crippen LogP contribution is -2.35. The van der Waals surface area contributed by atoms with Gasteiger partial charge in [-0.15, -0.1) is 0 Å². The number of nitrogens with zero attached hydrogens (tertiary/aromatic N) is 2. The van der Waals surface area contributed by atoms with E-state index in [4.69, 9.17) is 14.0 Å². The summed E-state index contributed by atoms with van der Waals surface area (Å²) in [6.45, 7) is 4.93. The molecule has 3 atom stereocenters. The highest BCUT2D eigenvalue weighted by atomic mass is 16.5. The van der Waals surface area contributed by atoms with Crippen molar-refractivity contribution in [2.75, 3.05) is 26.4 Å². The van der Waals surface area contributed by atoms with Crippen molar-refractivity contribution in [3.05, 3.63) is 11.7 Å². The zero-order chi connectivity index (χ0) is 11.7. The standard InChI is InChI=1S/C11H17N3O3/c1-7-4-8(5-16-7)11-13-10(14-17-11)9-6-15-3-2-12-9/h7-9,12H,2-6H2,1H3. The van der Waals surface area contributed by atoms with Gasteiger partial charge < -0.3 is 19.3 Å². The largest absolute Gasteiger partial charge is 0.378 e. The van der Waals surface area contributed by atoms with Crippen LogP contribution in [0, 0.1) is 0 Å². The van der Waals surface area contributed by atoms with E-state index in [0.29, 0.717) is 24.9 Å². The summed E-state index contributed by atoms with van der Waals surface area (Å²) in [6, 6.07) is 0.0565. The summed E-state index contributed by atoms with van der Waals surface area (Å²) in [5, 5.41) is 7.33. The van der Waals surface area contributed by atoms with E-state index in [0.717, 1.165) is 19.6 Å². The minimum Gasteiger partial charge on any atom is -0.378 e. The molecule has 0 aromatic carbocycles. The summed E-state index contributed by atoms with van der Waals surface area (Å²) in [5.74, 6) is 1.63. The molecule has 1 aromatic heterocycles. The van der Waals surface area contributed by atoms with Gasteiger partial charge >= 0.3 is 0 Å². The molecule has 0 bridgehead atoms. The third-order valence-electron chi connectivity index (χ3n) is 3.24. The van der Waals surface area contributed by atoms with Gasteiger partial charge in [-0.2, -0.15) is 4.98 Å². The summed E-state index contributed by atoms with van der Waals surface area (Å²) in [5.41, 5.74) is 0. The van der Waals surface area contributed by atoms with E-state index in [1.165, 1.54) is 0 Å². The van der Waals surface area contributed by atoms with Gasteiger partial charge in [-0.25, -0.2) is 0 Å². The Labute approximate surface area is 99.7 Å². The van der Waals surface area contributed by atoms with Gasteiger partial charge in [-0.1, -0.05) is 5.16 Å². The molecule has 0 saturated carbocycles. The third kappa shape index (κ3) is 2.34. The van der Waals surface area contributed by atoms with Crippen molar-refractivity contribution >= 4 is 0 Å². The minimum atomic E-state index is 0.0565. The monoisotopic (exact) mass is 239 g/mol. The van der Waals surface area contributed by atoms with Crippen LogP contribution in [0.4, 0.5) is 0 Å². The fourth-order valence-corrected chi connectivity index (χ4v) is 2.28. The molecule has 6 nitrogen and oxygen atoms in total. The van der Waals surface area contributed by atoms with Crippen molar-refractivity contribution in [2.45, 2.75) is 31.4 Å². The quantitative estimate of drug-likeness (QED) is 0.816. The van der Waals surface area contributed by atoms with Gasteiger partial charge in [0.1, 0.15) is 0 Å². The second-order valence-electron chi connectivity index (χ2n) is 4.65. The molecule has 0 radical (unpaired) electrons. The van der Waals surface area contributed by atoms with Gasteiger partial charge in [0.05, 0.1) is 37.9 Å². The van der Waals surface area contributed by atoms with Gasteiger partial charge in [0.15, 0.2) is 5.82 Å². The summed E-state index contributed by atoms with van der Waals surface area (Å²) in [4.78, 5) is 4.45. The van der Waals surface area contributed by atoms with E-state index in [9.17, 15) is 0 Å². The Morgan fingerprint density at radius 1 is 1.35 bits per heavy atom. The van der Waals surface area contributed by atoms with E-state index in [-0.39, 0.29) is 18.1 Å². The van der Waals surface area contributed by atoms with E-state index >= 15 is 0 Å². The van der Waals surface area contributed by atoms with Crippen LogP contribution in [-0.4, -0.2) is 42.6 Å². The molecule has 2 fully saturated rings. The van der Waals surface area contributed by atoms with Crippen LogP contribution in [0.1, 0.15) is 37.0 Å². The molecule has 3 unspecified atom stereocenters. The molecule has 3 heterocycles. The molecular weight excluding hydrogens is 222 g/mol. The first-order valence-electron chi connectivity index (χ1n) is 6.09. The highest BCUT2D eigenvalue weighted by molar-refractivity contribution is 5.01. The Morgan fingerprint density at radius 2 is 2.29 bits per heavy atom. The molecule has 1 N–H and O–H groups in total. The van der Waals surface area contributed by atoms with E-state index in [1.807, 2.05) is 0 Å². The number of morpholine rings is 1. The number of ether oxygens (including phenoxy) is 2. The molecule has 0 amide bonds. The van der Waals surface area contributed by atoms with Crippen molar-refractivity contribution in [1.82, 2.24) is 15.5 Å². The Bertz CT molecular complexity index is 357. The van der Waals surface area contributed by atoms with E-state index < -0.39 is 0 Å². The lowest BCUT2D eigenvalue weighted by Gasteiger charge is -2.20. The Balaban J connectivity index is 1.69. The fraction of sp³-hybridized carbons (Fsp3) is 0.818. The van der Waals surface area contributed by atoms with Crippen molar-refractivity contribution in [3.63, 3.8) is 0 Å². The predicted octanol–water partition coefficient (Wildman–Crippen LogP) is 0.623. The molecule has 0 aliphatic carbocycles. The molecular formula is C11H17N3O3. The maximum Gasteiger partial charge on any atom is 0.232 e. The van der Waals surface area contributed by atoms with Crippen LogP contribution in [0.15, 0.2) is 4.52 Å². The molecule has 3 rings (SSSR count). The zero-order valence-corrected chi connectivity index (χ0v) is 9.89. The molecule has 0 spiro atoms. The smallest absolute Gasteiger partial charge is 0.232 e. The Kier molecular flexibility index (Phi) is 3.09. The summed E-state index contributed by atoms with van der Waals surface area (Å²) >= 11 is 0. The van der Waals surface area contributed by atoms with Gasteiger partial charge in [-0.3, -0.25) is 0 Å². The van der Waals surface area contributed by atoms with Crippen LogP contribution >= 0.6 is 0 Å². The Morgan fingerprint density at radius 3 is 3.00 bits per heavy atom. The van der Waals surface area contributed by atoms with Crippen molar-refractivity contribution in [3.8, 4) is 0 Å². The predicted molar refractivity (Wildman–Crippen MR) is 58.6 cm³/mol. The van der Waals surface area contributed by atoms with Crippen molar-refractivity contribution in [1.29, 1.82) is 0 Å². The molecule has 1 aromatic rings. The van der Waals surface area contributed by atoms with Gasteiger partial charge in [0, 0.05) is 6.54 Å². The maximum absolute atomic E-state index is 5.51. The van der Waals surface area contributed by atoms with Crippen LogP contribution in [0.2, 0.25) is 0 Å². The Hall–Kier alpha value is -0.980. The second kappa shape index (κ2) is 4.72. The normalized spacial score (nSPS) is 34.1. The van der Waals surface area contributed by atoms with Gasteiger partial charge in [0.25, 0.3) is 0 Å². The van der Waals surface area contributed by atoms with Crippen LogP contribution in [0.3, 0.4) is 0 Å². The lowest BCUT2D eigenvalue weighted by molar-refractivity contribution is 0.0734. The molecule has 2 aliphatic heterocycles. The summed E-state index contributed by atoms with van der Waals surface area (Å²) < 4.78 is 16.2. The van der Waals surface area contributed by atoms with E-state index in [2.05, 4.69) is 22.4 Å². The minimum absolute atomic E-state index is 0.0565. The molecule has 2 saturated heterocycles. The van der Waals surface area contributed by atoms with Crippen LogP contribution in [-0.2, 0) is 9.47 Å². The molecule has 6 heteroatoms. The maximum atomic E-state index is 5.51. The SMILES string of the molecule is CC1CC(c2nc(C3COCCN3)no2)CO1.